The van der Waals surface area contributed by atoms with Gasteiger partial charge in [0.1, 0.15) is 0 Å². The third-order valence-electron chi connectivity index (χ3n) is 4.38. The summed E-state index contributed by atoms with van der Waals surface area (Å²) in [4.78, 5) is 14.1. The summed E-state index contributed by atoms with van der Waals surface area (Å²) in [5, 5.41) is 6.09. The number of nitrogens with zero attached hydrogens (tertiary/aromatic N) is 1. The van der Waals surface area contributed by atoms with E-state index in [4.69, 9.17) is 0 Å². The van der Waals surface area contributed by atoms with E-state index in [0.717, 1.165) is 25.8 Å². The molecular weight excluding hydrogens is 226 g/mol. The second kappa shape index (κ2) is 6.98. The maximum absolute atomic E-state index is 11.7. The van der Waals surface area contributed by atoms with Gasteiger partial charge in [-0.15, -0.1) is 0 Å². The lowest BCUT2D eigenvalue weighted by molar-refractivity contribution is 0.230. The SMILES string of the molecule is CN1CCCC1CCNC(=O)NC1CCCCC1. The average Bonchev–Trinajstić information content (AvgIpc) is 2.76. The Morgan fingerprint density at radius 3 is 2.61 bits per heavy atom. The van der Waals surface area contributed by atoms with Crippen LogP contribution in [0.1, 0.15) is 51.4 Å². The molecule has 2 rings (SSSR count). The molecule has 104 valence electrons. The van der Waals surface area contributed by atoms with Crippen molar-refractivity contribution in [2.24, 2.45) is 0 Å². The molecule has 2 aliphatic rings. The van der Waals surface area contributed by atoms with Crippen molar-refractivity contribution < 1.29 is 4.79 Å². The molecule has 2 fully saturated rings. The first-order valence-electron chi connectivity index (χ1n) is 7.50. The molecule has 2 N–H and O–H groups in total. The van der Waals surface area contributed by atoms with Crippen molar-refractivity contribution in [2.75, 3.05) is 20.1 Å². The molecule has 0 radical (unpaired) electrons. The molecule has 2 amide bonds. The van der Waals surface area contributed by atoms with E-state index in [1.165, 1.54) is 38.6 Å². The molecule has 1 saturated heterocycles. The first kappa shape index (κ1) is 13.7. The molecule has 0 bridgehead atoms. The van der Waals surface area contributed by atoms with Gasteiger partial charge >= 0.3 is 6.03 Å². The van der Waals surface area contributed by atoms with Crippen LogP contribution in [0.3, 0.4) is 0 Å². The number of rotatable bonds is 4. The van der Waals surface area contributed by atoms with Crippen LogP contribution in [0.4, 0.5) is 4.79 Å². The van der Waals surface area contributed by atoms with Gasteiger partial charge in [0.25, 0.3) is 0 Å². The van der Waals surface area contributed by atoms with Crippen LogP contribution in [0.25, 0.3) is 0 Å². The number of nitrogens with one attached hydrogen (secondary N) is 2. The Morgan fingerprint density at radius 1 is 1.17 bits per heavy atom. The molecule has 0 aromatic carbocycles. The van der Waals surface area contributed by atoms with Gasteiger partial charge < -0.3 is 15.5 Å². The third kappa shape index (κ3) is 4.16. The van der Waals surface area contributed by atoms with Crippen LogP contribution < -0.4 is 10.6 Å². The highest BCUT2D eigenvalue weighted by Crippen LogP contribution is 2.18. The first-order chi connectivity index (χ1) is 8.75. The fourth-order valence-electron chi connectivity index (χ4n) is 3.18. The van der Waals surface area contributed by atoms with Crippen LogP contribution in [-0.2, 0) is 0 Å². The molecule has 4 heteroatoms. The van der Waals surface area contributed by atoms with Gasteiger partial charge in [-0.3, -0.25) is 0 Å². The lowest BCUT2D eigenvalue weighted by Gasteiger charge is -2.23. The van der Waals surface area contributed by atoms with E-state index in [-0.39, 0.29) is 6.03 Å². The van der Waals surface area contributed by atoms with Crippen LogP contribution in [0, 0.1) is 0 Å². The molecular formula is C14H27N3O. The highest BCUT2D eigenvalue weighted by Gasteiger charge is 2.20. The second-order valence-electron chi connectivity index (χ2n) is 5.80. The molecule has 1 unspecified atom stereocenters. The first-order valence-corrected chi connectivity index (χ1v) is 7.50. The van der Waals surface area contributed by atoms with Crippen molar-refractivity contribution in [2.45, 2.75) is 63.5 Å². The fraction of sp³-hybridized carbons (Fsp3) is 0.929. The van der Waals surface area contributed by atoms with Crippen molar-refractivity contribution in [1.29, 1.82) is 0 Å². The van der Waals surface area contributed by atoms with Gasteiger partial charge in [-0.1, -0.05) is 19.3 Å². The van der Waals surface area contributed by atoms with Crippen LogP contribution in [-0.4, -0.2) is 43.2 Å². The van der Waals surface area contributed by atoms with Crippen LogP contribution in [0.5, 0.6) is 0 Å². The summed E-state index contributed by atoms with van der Waals surface area (Å²) in [7, 11) is 2.18. The summed E-state index contributed by atoms with van der Waals surface area (Å²) in [6.45, 7) is 2.01. The number of hydrogen-bond acceptors (Lipinski definition) is 2. The summed E-state index contributed by atoms with van der Waals surface area (Å²) in [6, 6.07) is 1.11. The summed E-state index contributed by atoms with van der Waals surface area (Å²) in [6.07, 6.45) is 9.81. The van der Waals surface area contributed by atoms with Gasteiger partial charge in [-0.05, 0) is 45.7 Å². The third-order valence-corrected chi connectivity index (χ3v) is 4.38. The molecule has 1 heterocycles. The van der Waals surface area contributed by atoms with Crippen molar-refractivity contribution in [3.63, 3.8) is 0 Å². The van der Waals surface area contributed by atoms with Crippen molar-refractivity contribution in [3.05, 3.63) is 0 Å². The zero-order valence-electron chi connectivity index (χ0n) is 11.6. The minimum absolute atomic E-state index is 0.0301. The number of amides is 2. The number of likely N-dealkylation sites (tertiary alicyclic amines) is 1. The Balaban J connectivity index is 1.56. The van der Waals surface area contributed by atoms with Gasteiger partial charge in [-0.25, -0.2) is 4.79 Å². The molecule has 0 aromatic rings. The second-order valence-corrected chi connectivity index (χ2v) is 5.80. The zero-order valence-corrected chi connectivity index (χ0v) is 11.6. The molecule has 0 spiro atoms. The van der Waals surface area contributed by atoms with Crippen molar-refractivity contribution >= 4 is 6.03 Å². The van der Waals surface area contributed by atoms with Gasteiger partial charge in [0.2, 0.25) is 0 Å². The predicted molar refractivity (Wildman–Crippen MR) is 73.7 cm³/mol. The zero-order chi connectivity index (χ0) is 12.8. The summed E-state index contributed by atoms with van der Waals surface area (Å²) in [5.74, 6) is 0. The largest absolute Gasteiger partial charge is 0.338 e. The van der Waals surface area contributed by atoms with Gasteiger partial charge in [0.05, 0.1) is 0 Å². The normalized spacial score (nSPS) is 26.2. The Kier molecular flexibility index (Phi) is 5.29. The number of urea groups is 1. The Labute approximate surface area is 110 Å². The van der Waals surface area contributed by atoms with Gasteiger partial charge in [0, 0.05) is 18.6 Å². The lowest BCUT2D eigenvalue weighted by atomic mass is 9.96. The van der Waals surface area contributed by atoms with E-state index < -0.39 is 0 Å². The van der Waals surface area contributed by atoms with Crippen LogP contribution >= 0.6 is 0 Å². The molecule has 1 aliphatic heterocycles. The van der Waals surface area contributed by atoms with Gasteiger partial charge in [-0.2, -0.15) is 0 Å². The number of carbonyl (C=O) groups excluding carboxylic acids is 1. The summed E-state index contributed by atoms with van der Waals surface area (Å²) in [5.41, 5.74) is 0. The van der Waals surface area contributed by atoms with Crippen molar-refractivity contribution in [1.82, 2.24) is 15.5 Å². The molecule has 1 aliphatic carbocycles. The van der Waals surface area contributed by atoms with Gasteiger partial charge in [0.15, 0.2) is 0 Å². The van der Waals surface area contributed by atoms with E-state index in [9.17, 15) is 4.79 Å². The highest BCUT2D eigenvalue weighted by molar-refractivity contribution is 5.74. The molecule has 18 heavy (non-hydrogen) atoms. The van der Waals surface area contributed by atoms with E-state index in [1.807, 2.05) is 0 Å². The summed E-state index contributed by atoms with van der Waals surface area (Å²) >= 11 is 0. The standard InChI is InChI=1S/C14H27N3O/c1-17-11-5-8-13(17)9-10-15-14(18)16-12-6-3-2-4-7-12/h12-13H,2-11H2,1H3,(H2,15,16,18). The minimum Gasteiger partial charge on any atom is -0.338 e. The quantitative estimate of drug-likeness (QED) is 0.806. The summed E-state index contributed by atoms with van der Waals surface area (Å²) < 4.78 is 0. The fourth-order valence-corrected chi connectivity index (χ4v) is 3.18. The Morgan fingerprint density at radius 2 is 1.94 bits per heavy atom. The van der Waals surface area contributed by atoms with Crippen molar-refractivity contribution in [3.8, 4) is 0 Å². The molecule has 0 aromatic heterocycles. The minimum atomic E-state index is 0.0301. The molecule has 1 saturated carbocycles. The molecule has 1 atom stereocenters. The van der Waals surface area contributed by atoms with Crippen LogP contribution in [0.2, 0.25) is 0 Å². The number of hydrogen-bond donors (Lipinski definition) is 2. The van der Waals surface area contributed by atoms with Crippen LogP contribution in [0.15, 0.2) is 0 Å². The average molecular weight is 253 g/mol. The Bertz CT molecular complexity index is 264. The monoisotopic (exact) mass is 253 g/mol. The maximum Gasteiger partial charge on any atom is 0.315 e. The predicted octanol–water partition coefficient (Wildman–Crippen LogP) is 2.10. The van der Waals surface area contributed by atoms with E-state index in [2.05, 4.69) is 22.6 Å². The maximum atomic E-state index is 11.7. The highest BCUT2D eigenvalue weighted by atomic mass is 16.2. The smallest absolute Gasteiger partial charge is 0.315 e. The Hall–Kier alpha value is -0.770. The van der Waals surface area contributed by atoms with E-state index >= 15 is 0 Å². The topological polar surface area (TPSA) is 44.4 Å². The van der Waals surface area contributed by atoms with E-state index in [0.29, 0.717) is 12.1 Å². The number of carbonyl (C=O) groups is 1. The molecule has 4 nitrogen and oxygen atoms in total. The van der Waals surface area contributed by atoms with E-state index in [1.54, 1.807) is 0 Å². The lowest BCUT2D eigenvalue weighted by Crippen LogP contribution is -2.44.